The normalized spacial score (nSPS) is 21.3. The number of thioether (sulfide) groups is 1. The van der Waals surface area contributed by atoms with Crippen LogP contribution in [0.25, 0.3) is 0 Å². The summed E-state index contributed by atoms with van der Waals surface area (Å²) in [7, 11) is 0. The molecule has 1 aliphatic rings. The van der Waals surface area contributed by atoms with Gasteiger partial charge in [0.05, 0.1) is 5.56 Å². The molecule has 1 fully saturated rings. The Balaban J connectivity index is 2.20. The van der Waals surface area contributed by atoms with Crippen LogP contribution in [0.4, 0.5) is 19.0 Å². The molecule has 1 saturated heterocycles. The molecule has 2 heterocycles. The SMILES string of the molecule is CSC1CCCCN(c2cc(C(F)(F)F)ccn2)C1. The predicted octanol–water partition coefficient (Wildman–Crippen LogP) is 3.82. The maximum Gasteiger partial charge on any atom is 0.416 e. The van der Waals surface area contributed by atoms with Crippen molar-refractivity contribution in [1.82, 2.24) is 4.98 Å². The van der Waals surface area contributed by atoms with Gasteiger partial charge in [-0.2, -0.15) is 24.9 Å². The Labute approximate surface area is 115 Å². The number of alkyl halides is 3. The lowest BCUT2D eigenvalue weighted by Crippen LogP contribution is -2.30. The Morgan fingerprint density at radius 2 is 2.16 bits per heavy atom. The van der Waals surface area contributed by atoms with Crippen molar-refractivity contribution in [3.63, 3.8) is 0 Å². The minimum atomic E-state index is -4.30. The van der Waals surface area contributed by atoms with E-state index in [1.165, 1.54) is 6.20 Å². The lowest BCUT2D eigenvalue weighted by molar-refractivity contribution is -0.137. The fourth-order valence-corrected chi connectivity index (χ4v) is 3.00. The fraction of sp³-hybridized carbons (Fsp3) is 0.615. The number of hydrogen-bond donors (Lipinski definition) is 0. The van der Waals surface area contributed by atoms with E-state index < -0.39 is 11.7 Å². The maximum absolute atomic E-state index is 12.7. The molecule has 0 radical (unpaired) electrons. The molecule has 0 N–H and O–H groups in total. The molecule has 1 aliphatic heterocycles. The third-order valence-electron chi connectivity index (χ3n) is 3.36. The summed E-state index contributed by atoms with van der Waals surface area (Å²) >= 11 is 1.78. The van der Waals surface area contributed by atoms with Gasteiger partial charge in [0.1, 0.15) is 5.82 Å². The van der Waals surface area contributed by atoms with Gasteiger partial charge in [0.2, 0.25) is 0 Å². The van der Waals surface area contributed by atoms with Crippen LogP contribution in [0, 0.1) is 0 Å². The van der Waals surface area contributed by atoms with Crippen LogP contribution < -0.4 is 4.90 Å². The highest BCUT2D eigenvalue weighted by atomic mass is 32.2. The molecule has 0 saturated carbocycles. The van der Waals surface area contributed by atoms with Crippen LogP contribution in [0.1, 0.15) is 24.8 Å². The molecule has 1 aromatic rings. The van der Waals surface area contributed by atoms with Crippen molar-refractivity contribution in [3.8, 4) is 0 Å². The molecule has 0 spiro atoms. The average Bonchev–Trinajstić information content (AvgIpc) is 2.63. The van der Waals surface area contributed by atoms with Gasteiger partial charge >= 0.3 is 6.18 Å². The third kappa shape index (κ3) is 3.78. The Bertz CT molecular complexity index is 423. The first-order valence-electron chi connectivity index (χ1n) is 6.31. The second-order valence-corrected chi connectivity index (χ2v) is 5.84. The number of halogens is 3. The largest absolute Gasteiger partial charge is 0.416 e. The molecule has 1 unspecified atom stereocenters. The van der Waals surface area contributed by atoms with Crippen molar-refractivity contribution in [2.24, 2.45) is 0 Å². The molecule has 2 nitrogen and oxygen atoms in total. The van der Waals surface area contributed by atoms with E-state index in [9.17, 15) is 13.2 Å². The van der Waals surface area contributed by atoms with Crippen LogP contribution in [0.15, 0.2) is 18.3 Å². The molecular weight excluding hydrogens is 273 g/mol. The highest BCUT2D eigenvalue weighted by molar-refractivity contribution is 7.99. The Morgan fingerprint density at radius 1 is 1.37 bits per heavy atom. The first-order valence-corrected chi connectivity index (χ1v) is 7.60. The smallest absolute Gasteiger partial charge is 0.356 e. The predicted molar refractivity (Wildman–Crippen MR) is 72.6 cm³/mol. The van der Waals surface area contributed by atoms with Crippen LogP contribution in [-0.4, -0.2) is 29.6 Å². The van der Waals surface area contributed by atoms with E-state index in [0.717, 1.165) is 44.5 Å². The van der Waals surface area contributed by atoms with Gasteiger partial charge in [-0.05, 0) is 31.2 Å². The van der Waals surface area contributed by atoms with Crippen molar-refractivity contribution in [2.75, 3.05) is 24.2 Å². The first kappa shape index (κ1) is 14.5. The second kappa shape index (κ2) is 6.03. The summed E-state index contributed by atoms with van der Waals surface area (Å²) < 4.78 is 38.1. The number of anilines is 1. The van der Waals surface area contributed by atoms with Crippen LogP contribution in [0.2, 0.25) is 0 Å². The highest BCUT2D eigenvalue weighted by Gasteiger charge is 2.31. The molecule has 0 bridgehead atoms. The number of pyridine rings is 1. The van der Waals surface area contributed by atoms with Gasteiger partial charge in [0.15, 0.2) is 0 Å². The standard InChI is InChI=1S/C13H17F3N2S/c1-19-11-4-2-3-7-18(9-11)12-8-10(5-6-17-12)13(14,15)16/h5-6,8,11H,2-4,7,9H2,1H3. The molecule has 0 aromatic carbocycles. The van der Waals surface area contributed by atoms with Crippen LogP contribution in [-0.2, 0) is 6.18 Å². The zero-order valence-electron chi connectivity index (χ0n) is 10.8. The van der Waals surface area contributed by atoms with Crippen LogP contribution >= 0.6 is 11.8 Å². The maximum atomic E-state index is 12.7. The summed E-state index contributed by atoms with van der Waals surface area (Å²) in [4.78, 5) is 6.08. The zero-order chi connectivity index (χ0) is 13.9. The Hall–Kier alpha value is -0.910. The fourth-order valence-electron chi connectivity index (χ4n) is 2.27. The van der Waals surface area contributed by atoms with Gasteiger partial charge in [-0.25, -0.2) is 4.98 Å². The minimum absolute atomic E-state index is 0.441. The summed E-state index contributed by atoms with van der Waals surface area (Å²) in [6, 6.07) is 2.18. The van der Waals surface area contributed by atoms with E-state index in [2.05, 4.69) is 4.98 Å². The van der Waals surface area contributed by atoms with E-state index in [-0.39, 0.29) is 0 Å². The molecule has 0 aliphatic carbocycles. The molecule has 0 amide bonds. The molecule has 106 valence electrons. The van der Waals surface area contributed by atoms with Gasteiger partial charge in [-0.1, -0.05) is 6.42 Å². The van der Waals surface area contributed by atoms with E-state index >= 15 is 0 Å². The number of rotatable bonds is 2. The van der Waals surface area contributed by atoms with E-state index in [1.807, 2.05) is 11.2 Å². The Morgan fingerprint density at radius 3 is 2.84 bits per heavy atom. The summed E-state index contributed by atoms with van der Waals surface area (Å²) in [5.41, 5.74) is -0.623. The van der Waals surface area contributed by atoms with Crippen molar-refractivity contribution in [3.05, 3.63) is 23.9 Å². The zero-order valence-corrected chi connectivity index (χ0v) is 11.6. The van der Waals surface area contributed by atoms with Gasteiger partial charge in [0, 0.05) is 24.5 Å². The van der Waals surface area contributed by atoms with Crippen molar-refractivity contribution in [2.45, 2.75) is 30.7 Å². The van der Waals surface area contributed by atoms with Gasteiger partial charge in [-0.15, -0.1) is 0 Å². The van der Waals surface area contributed by atoms with Crippen molar-refractivity contribution >= 4 is 17.6 Å². The molecule has 19 heavy (non-hydrogen) atoms. The second-order valence-electron chi connectivity index (χ2n) is 4.70. The molecule has 2 rings (SSSR count). The Kier molecular flexibility index (Phi) is 4.60. The van der Waals surface area contributed by atoms with Gasteiger partial charge in [0.25, 0.3) is 0 Å². The highest BCUT2D eigenvalue weighted by Crippen LogP contribution is 2.31. The van der Waals surface area contributed by atoms with Crippen LogP contribution in [0.3, 0.4) is 0 Å². The molecule has 6 heteroatoms. The number of nitrogens with zero attached hydrogens (tertiary/aromatic N) is 2. The topological polar surface area (TPSA) is 16.1 Å². The summed E-state index contributed by atoms with van der Waals surface area (Å²) in [5.74, 6) is 0.441. The van der Waals surface area contributed by atoms with Crippen LogP contribution in [0.5, 0.6) is 0 Å². The van der Waals surface area contributed by atoms with Gasteiger partial charge in [-0.3, -0.25) is 0 Å². The summed E-state index contributed by atoms with van der Waals surface area (Å²) in [6.07, 6.45) is 2.25. The van der Waals surface area contributed by atoms with Gasteiger partial charge < -0.3 is 4.90 Å². The van der Waals surface area contributed by atoms with E-state index in [0.29, 0.717) is 11.1 Å². The number of aromatic nitrogens is 1. The first-order chi connectivity index (χ1) is 9.00. The minimum Gasteiger partial charge on any atom is -0.356 e. The van der Waals surface area contributed by atoms with E-state index in [1.54, 1.807) is 11.8 Å². The van der Waals surface area contributed by atoms with E-state index in [4.69, 9.17) is 0 Å². The number of hydrogen-bond acceptors (Lipinski definition) is 3. The lowest BCUT2D eigenvalue weighted by atomic mass is 10.2. The summed E-state index contributed by atoms with van der Waals surface area (Å²) in [5, 5.41) is 0.471. The summed E-state index contributed by atoms with van der Waals surface area (Å²) in [6.45, 7) is 1.56. The third-order valence-corrected chi connectivity index (χ3v) is 4.41. The molecular formula is C13H17F3N2S. The lowest BCUT2D eigenvalue weighted by Gasteiger charge is -2.25. The molecule has 1 atom stereocenters. The monoisotopic (exact) mass is 290 g/mol. The van der Waals surface area contributed by atoms with Crippen molar-refractivity contribution < 1.29 is 13.2 Å². The molecule has 1 aromatic heterocycles. The van der Waals surface area contributed by atoms with Crippen molar-refractivity contribution in [1.29, 1.82) is 0 Å². The quantitative estimate of drug-likeness (QED) is 0.823. The average molecular weight is 290 g/mol.